The van der Waals surface area contributed by atoms with E-state index in [2.05, 4.69) is 9.12 Å². The van der Waals surface area contributed by atoms with E-state index in [9.17, 15) is 4.55 Å². The van der Waals surface area contributed by atoms with Gasteiger partial charge in [-0.25, -0.2) is 0 Å². The summed E-state index contributed by atoms with van der Waals surface area (Å²) in [6.45, 7) is 4.57. The minimum Gasteiger partial charge on any atom is -0.566 e. The highest BCUT2D eigenvalue weighted by molar-refractivity contribution is 7.91. The zero-order valence-corrected chi connectivity index (χ0v) is 12.6. The van der Waals surface area contributed by atoms with Gasteiger partial charge in [0.25, 0.3) is 0 Å². The minimum atomic E-state index is -1.53. The van der Waals surface area contributed by atoms with Gasteiger partial charge in [0.2, 0.25) is 11.5 Å². The molecule has 0 radical (unpaired) electrons. The quantitative estimate of drug-likeness (QED) is 0.544. The SMILES string of the molecule is CCOCCOCCOc1cccc2c1C(N)=N[S+]([O-])N2. The lowest BCUT2D eigenvalue weighted by molar-refractivity contribution is 0.0404. The maximum atomic E-state index is 11.4. The van der Waals surface area contributed by atoms with Gasteiger partial charge in [0.1, 0.15) is 12.4 Å². The number of nitrogens with one attached hydrogen (secondary N) is 1. The highest BCUT2D eigenvalue weighted by Crippen LogP contribution is 2.30. The largest absolute Gasteiger partial charge is 0.566 e. The third kappa shape index (κ3) is 4.50. The Balaban J connectivity index is 1.85. The molecule has 0 amide bonds. The summed E-state index contributed by atoms with van der Waals surface area (Å²) < 4.78 is 34.1. The summed E-state index contributed by atoms with van der Waals surface area (Å²) in [5, 5.41) is 0. The molecule has 7 nitrogen and oxygen atoms in total. The lowest BCUT2D eigenvalue weighted by atomic mass is 10.1. The summed E-state index contributed by atoms with van der Waals surface area (Å²) >= 11 is -1.53. The van der Waals surface area contributed by atoms with Crippen LogP contribution in [0.15, 0.2) is 22.6 Å². The third-order valence-electron chi connectivity index (χ3n) is 2.72. The van der Waals surface area contributed by atoms with E-state index >= 15 is 0 Å². The van der Waals surface area contributed by atoms with Crippen LogP contribution in [0.4, 0.5) is 5.69 Å². The van der Waals surface area contributed by atoms with Crippen LogP contribution in [0.3, 0.4) is 0 Å². The van der Waals surface area contributed by atoms with Crippen molar-refractivity contribution in [3.05, 3.63) is 23.8 Å². The van der Waals surface area contributed by atoms with Gasteiger partial charge in [-0.1, -0.05) is 6.07 Å². The van der Waals surface area contributed by atoms with Crippen LogP contribution in [-0.2, 0) is 21.0 Å². The van der Waals surface area contributed by atoms with E-state index < -0.39 is 11.5 Å². The van der Waals surface area contributed by atoms with E-state index in [-0.39, 0.29) is 5.84 Å². The van der Waals surface area contributed by atoms with Crippen LogP contribution >= 0.6 is 0 Å². The number of rotatable bonds is 8. The lowest BCUT2D eigenvalue weighted by Crippen LogP contribution is -2.27. The first-order valence-electron chi connectivity index (χ1n) is 6.66. The third-order valence-corrected chi connectivity index (χ3v) is 3.48. The number of nitrogens with zero attached hydrogens (tertiary/aromatic N) is 1. The first-order chi connectivity index (χ1) is 10.2. The smallest absolute Gasteiger partial charge is 0.222 e. The molecular weight excluding hydrogens is 294 g/mol. The molecule has 0 aromatic heterocycles. The van der Waals surface area contributed by atoms with Crippen molar-refractivity contribution in [2.75, 3.05) is 37.8 Å². The summed E-state index contributed by atoms with van der Waals surface area (Å²) in [5.74, 6) is 0.793. The normalized spacial score (nSPS) is 16.9. The number of amidine groups is 1. The molecule has 8 heteroatoms. The number of ether oxygens (including phenoxy) is 3. The Bertz CT molecular complexity index is 498. The van der Waals surface area contributed by atoms with Crippen molar-refractivity contribution in [1.29, 1.82) is 0 Å². The molecule has 1 aromatic rings. The summed E-state index contributed by atoms with van der Waals surface area (Å²) in [6.07, 6.45) is 0. The molecule has 0 saturated carbocycles. The van der Waals surface area contributed by atoms with Gasteiger partial charge >= 0.3 is 0 Å². The van der Waals surface area contributed by atoms with Gasteiger partial charge < -0.3 is 24.5 Å². The van der Waals surface area contributed by atoms with Crippen LogP contribution < -0.4 is 15.2 Å². The van der Waals surface area contributed by atoms with Crippen LogP contribution in [0.1, 0.15) is 12.5 Å². The second-order valence-corrected chi connectivity index (χ2v) is 5.05. The van der Waals surface area contributed by atoms with Crippen molar-refractivity contribution >= 4 is 23.1 Å². The number of fused-ring (bicyclic) bond motifs is 1. The highest BCUT2D eigenvalue weighted by Gasteiger charge is 2.24. The lowest BCUT2D eigenvalue weighted by Gasteiger charge is -2.18. The molecule has 0 spiro atoms. The molecule has 21 heavy (non-hydrogen) atoms. The van der Waals surface area contributed by atoms with Gasteiger partial charge in [-0.2, -0.15) is 4.72 Å². The molecule has 1 heterocycles. The second-order valence-electron chi connectivity index (χ2n) is 4.16. The Morgan fingerprint density at radius 2 is 2.00 bits per heavy atom. The summed E-state index contributed by atoms with van der Waals surface area (Å²) in [6, 6.07) is 5.37. The first kappa shape index (κ1) is 15.9. The van der Waals surface area contributed by atoms with Crippen molar-refractivity contribution in [2.24, 2.45) is 10.1 Å². The van der Waals surface area contributed by atoms with Gasteiger partial charge in [-0.15, -0.1) is 0 Å². The zero-order chi connectivity index (χ0) is 15.1. The number of anilines is 1. The van der Waals surface area contributed by atoms with Crippen LogP contribution in [-0.4, -0.2) is 43.4 Å². The number of nitrogens with two attached hydrogens (primary N) is 1. The average molecular weight is 313 g/mol. The van der Waals surface area contributed by atoms with Gasteiger partial charge in [-0.3, -0.25) is 0 Å². The topological polar surface area (TPSA) is 101 Å². The van der Waals surface area contributed by atoms with E-state index in [1.54, 1.807) is 18.2 Å². The predicted octanol–water partition coefficient (Wildman–Crippen LogP) is 0.828. The maximum absolute atomic E-state index is 11.4. The van der Waals surface area contributed by atoms with Crippen molar-refractivity contribution in [3.63, 3.8) is 0 Å². The molecule has 2 rings (SSSR count). The van der Waals surface area contributed by atoms with Crippen molar-refractivity contribution < 1.29 is 18.8 Å². The van der Waals surface area contributed by atoms with E-state index in [0.29, 0.717) is 50.0 Å². The van der Waals surface area contributed by atoms with Gasteiger partial charge in [0, 0.05) is 6.61 Å². The van der Waals surface area contributed by atoms with Crippen LogP contribution in [0.25, 0.3) is 0 Å². The average Bonchev–Trinajstić information content (AvgIpc) is 2.45. The van der Waals surface area contributed by atoms with Gasteiger partial charge in [0.15, 0.2) is 5.84 Å². The van der Waals surface area contributed by atoms with Crippen molar-refractivity contribution in [2.45, 2.75) is 6.92 Å². The predicted molar refractivity (Wildman–Crippen MR) is 81.7 cm³/mol. The molecule has 1 aliphatic rings. The van der Waals surface area contributed by atoms with Crippen molar-refractivity contribution in [3.8, 4) is 5.75 Å². The molecule has 116 valence electrons. The molecule has 1 atom stereocenters. The second kappa shape index (κ2) is 8.08. The van der Waals surface area contributed by atoms with Crippen LogP contribution in [0, 0.1) is 0 Å². The molecule has 0 saturated heterocycles. The molecular formula is C13H19N3O4S. The molecule has 0 aliphatic carbocycles. The van der Waals surface area contributed by atoms with E-state index in [1.807, 2.05) is 6.92 Å². The van der Waals surface area contributed by atoms with E-state index in [1.165, 1.54) is 0 Å². The number of hydrogen-bond acceptors (Lipinski definition) is 7. The Kier molecular flexibility index (Phi) is 6.12. The molecule has 0 bridgehead atoms. The fourth-order valence-electron chi connectivity index (χ4n) is 1.83. The van der Waals surface area contributed by atoms with Crippen LogP contribution in [0.5, 0.6) is 5.75 Å². The number of hydrogen-bond donors (Lipinski definition) is 2. The standard InChI is InChI=1S/C13H19N3O4S/c1-2-18-6-7-19-8-9-20-11-5-3-4-10-12(11)13(14)16-21(17)15-10/h3-5,15H,2,6-9H2,1H3,(H2,14,16). The fourth-order valence-corrected chi connectivity index (χ4v) is 2.50. The highest BCUT2D eigenvalue weighted by atomic mass is 32.2. The summed E-state index contributed by atoms with van der Waals surface area (Å²) in [4.78, 5) is 0. The number of benzene rings is 1. The maximum Gasteiger partial charge on any atom is 0.222 e. The fraction of sp³-hybridized carbons (Fsp3) is 0.462. The van der Waals surface area contributed by atoms with Crippen molar-refractivity contribution in [1.82, 2.24) is 0 Å². The molecule has 0 fully saturated rings. The first-order valence-corrected chi connectivity index (χ1v) is 7.77. The minimum absolute atomic E-state index is 0.204. The van der Waals surface area contributed by atoms with Gasteiger partial charge in [0.05, 0.1) is 31.1 Å². The molecule has 1 unspecified atom stereocenters. The summed E-state index contributed by atoms with van der Waals surface area (Å²) in [7, 11) is 0. The van der Waals surface area contributed by atoms with E-state index in [0.717, 1.165) is 0 Å². The Morgan fingerprint density at radius 3 is 2.81 bits per heavy atom. The Morgan fingerprint density at radius 1 is 1.24 bits per heavy atom. The monoisotopic (exact) mass is 313 g/mol. The summed E-state index contributed by atoms with van der Waals surface area (Å²) in [5.41, 5.74) is 7.09. The Hall–Kier alpha value is -1.48. The zero-order valence-electron chi connectivity index (χ0n) is 11.8. The van der Waals surface area contributed by atoms with E-state index in [4.69, 9.17) is 19.9 Å². The van der Waals surface area contributed by atoms with Crippen LogP contribution in [0.2, 0.25) is 0 Å². The Labute approximate surface area is 126 Å². The molecule has 1 aromatic carbocycles. The molecule has 1 aliphatic heterocycles. The molecule has 3 N–H and O–H groups in total. The van der Waals surface area contributed by atoms with Gasteiger partial charge in [-0.05, 0) is 23.5 Å².